The minimum absolute atomic E-state index is 0.204. The van der Waals surface area contributed by atoms with Crippen LogP contribution >= 0.6 is 11.6 Å². The van der Waals surface area contributed by atoms with Crippen molar-refractivity contribution in [3.8, 4) is 0 Å². The van der Waals surface area contributed by atoms with E-state index in [1.54, 1.807) is 39.0 Å². The molecule has 1 unspecified atom stereocenters. The molecule has 0 aliphatic rings. The zero-order chi connectivity index (χ0) is 16.0. The van der Waals surface area contributed by atoms with Gasteiger partial charge in [-0.25, -0.2) is 4.79 Å². The highest BCUT2D eigenvalue weighted by atomic mass is 35.5. The third kappa shape index (κ3) is 6.99. The molecule has 0 fully saturated rings. The summed E-state index contributed by atoms with van der Waals surface area (Å²) in [6.07, 6.45) is -0.517. The van der Waals surface area contributed by atoms with Crippen molar-refractivity contribution in [2.24, 2.45) is 0 Å². The molecule has 1 rings (SSSR count). The molecular weight excluding hydrogens is 294 g/mol. The van der Waals surface area contributed by atoms with E-state index in [0.717, 1.165) is 5.56 Å². The van der Waals surface area contributed by atoms with Gasteiger partial charge in [0.1, 0.15) is 5.60 Å². The van der Waals surface area contributed by atoms with Crippen molar-refractivity contribution in [3.63, 3.8) is 0 Å². The van der Waals surface area contributed by atoms with Gasteiger partial charge in [0.15, 0.2) is 0 Å². The monoisotopic (exact) mass is 313 g/mol. The van der Waals surface area contributed by atoms with Crippen molar-refractivity contribution in [2.45, 2.75) is 45.3 Å². The summed E-state index contributed by atoms with van der Waals surface area (Å²) in [5.74, 6) is -0.997. The molecule has 0 aromatic heterocycles. The molecule has 0 aliphatic carbocycles. The number of carbonyl (C=O) groups is 2. The first-order valence-electron chi connectivity index (χ1n) is 6.62. The zero-order valence-corrected chi connectivity index (χ0v) is 13.1. The van der Waals surface area contributed by atoms with E-state index < -0.39 is 23.7 Å². The molecule has 2 N–H and O–H groups in total. The molecular formula is C15H20ClNO4. The Kier molecular flexibility index (Phi) is 6.03. The molecule has 0 radical (unpaired) electrons. The van der Waals surface area contributed by atoms with Crippen LogP contribution in [0.15, 0.2) is 24.3 Å². The average molecular weight is 314 g/mol. The van der Waals surface area contributed by atoms with Crippen molar-refractivity contribution in [2.75, 3.05) is 0 Å². The summed E-state index contributed by atoms with van der Waals surface area (Å²) in [5, 5.41) is 12.1. The molecule has 1 aromatic rings. The number of carbonyl (C=O) groups excluding carboxylic acids is 1. The van der Waals surface area contributed by atoms with Crippen molar-refractivity contribution in [1.82, 2.24) is 5.32 Å². The van der Waals surface area contributed by atoms with Gasteiger partial charge < -0.3 is 15.2 Å². The highest BCUT2D eigenvalue weighted by molar-refractivity contribution is 6.31. The van der Waals surface area contributed by atoms with Crippen LogP contribution in [0.1, 0.15) is 32.8 Å². The maximum Gasteiger partial charge on any atom is 0.407 e. The number of ether oxygens (including phenoxy) is 1. The van der Waals surface area contributed by atoms with Crippen molar-refractivity contribution in [3.05, 3.63) is 34.9 Å². The van der Waals surface area contributed by atoms with Gasteiger partial charge in [0.2, 0.25) is 0 Å². The first kappa shape index (κ1) is 17.3. The first-order chi connectivity index (χ1) is 9.67. The van der Waals surface area contributed by atoms with E-state index in [1.807, 2.05) is 6.07 Å². The second-order valence-corrected chi connectivity index (χ2v) is 6.14. The SMILES string of the molecule is CC(C)(C)OC(=O)NC(CC(=O)O)Cc1ccccc1Cl. The minimum atomic E-state index is -0.997. The van der Waals surface area contributed by atoms with E-state index in [1.165, 1.54) is 0 Å². The van der Waals surface area contributed by atoms with Crippen LogP contribution in [0.3, 0.4) is 0 Å². The molecule has 21 heavy (non-hydrogen) atoms. The Morgan fingerprint density at radius 2 is 1.95 bits per heavy atom. The van der Waals surface area contributed by atoms with E-state index >= 15 is 0 Å². The number of rotatable bonds is 5. The Hall–Kier alpha value is -1.75. The Morgan fingerprint density at radius 1 is 1.33 bits per heavy atom. The Labute approximate surface area is 129 Å². The minimum Gasteiger partial charge on any atom is -0.481 e. The summed E-state index contributed by atoms with van der Waals surface area (Å²) in [5.41, 5.74) is 0.142. The van der Waals surface area contributed by atoms with Crippen LogP contribution < -0.4 is 5.32 Å². The van der Waals surface area contributed by atoms with Crippen molar-refractivity contribution >= 4 is 23.7 Å². The van der Waals surface area contributed by atoms with Crippen LogP contribution in [0.4, 0.5) is 4.79 Å². The summed E-state index contributed by atoms with van der Waals surface area (Å²) in [6.45, 7) is 5.23. The fourth-order valence-corrected chi connectivity index (χ4v) is 2.00. The van der Waals surface area contributed by atoms with E-state index in [4.69, 9.17) is 21.4 Å². The van der Waals surface area contributed by atoms with Crippen molar-refractivity contribution < 1.29 is 19.4 Å². The first-order valence-corrected chi connectivity index (χ1v) is 7.00. The molecule has 5 nitrogen and oxygen atoms in total. The number of hydrogen-bond donors (Lipinski definition) is 2. The van der Waals surface area contributed by atoms with Gasteiger partial charge in [0.05, 0.1) is 6.42 Å². The van der Waals surface area contributed by atoms with Gasteiger partial charge in [0, 0.05) is 11.1 Å². The van der Waals surface area contributed by atoms with E-state index in [2.05, 4.69) is 5.32 Å². The van der Waals surface area contributed by atoms with Crippen LogP contribution in [-0.2, 0) is 16.0 Å². The average Bonchev–Trinajstić information content (AvgIpc) is 2.28. The lowest BCUT2D eigenvalue weighted by molar-refractivity contribution is -0.137. The normalized spacial score (nSPS) is 12.6. The zero-order valence-electron chi connectivity index (χ0n) is 12.4. The van der Waals surface area contributed by atoms with Gasteiger partial charge in [0.25, 0.3) is 0 Å². The van der Waals surface area contributed by atoms with Gasteiger partial charge >= 0.3 is 12.1 Å². The Morgan fingerprint density at radius 3 is 2.48 bits per heavy atom. The molecule has 0 spiro atoms. The summed E-state index contributed by atoms with van der Waals surface area (Å²) in [7, 11) is 0. The molecule has 0 saturated heterocycles. The number of aliphatic carboxylic acids is 1. The van der Waals surface area contributed by atoms with Crippen LogP contribution in [0.2, 0.25) is 5.02 Å². The topological polar surface area (TPSA) is 75.6 Å². The lowest BCUT2D eigenvalue weighted by atomic mass is 10.0. The van der Waals surface area contributed by atoms with Gasteiger partial charge in [-0.05, 0) is 38.8 Å². The number of benzene rings is 1. The summed E-state index contributed by atoms with van der Waals surface area (Å²) in [6, 6.07) is 6.54. The highest BCUT2D eigenvalue weighted by Gasteiger charge is 2.22. The van der Waals surface area contributed by atoms with Gasteiger partial charge in [-0.2, -0.15) is 0 Å². The lowest BCUT2D eigenvalue weighted by Gasteiger charge is -2.23. The Bertz CT molecular complexity index is 511. The molecule has 0 heterocycles. The molecule has 0 bridgehead atoms. The second kappa shape index (κ2) is 7.31. The van der Waals surface area contributed by atoms with Crippen molar-refractivity contribution in [1.29, 1.82) is 0 Å². The molecule has 6 heteroatoms. The fraction of sp³-hybridized carbons (Fsp3) is 0.467. The van der Waals surface area contributed by atoms with Crippen LogP contribution in [0, 0.1) is 0 Å². The smallest absolute Gasteiger partial charge is 0.407 e. The third-order valence-electron chi connectivity index (χ3n) is 2.57. The predicted molar refractivity (Wildman–Crippen MR) is 80.6 cm³/mol. The number of carboxylic acid groups (broad SMARTS) is 1. The van der Waals surface area contributed by atoms with E-state index in [0.29, 0.717) is 11.4 Å². The molecule has 0 aliphatic heterocycles. The Balaban J connectivity index is 2.75. The molecule has 0 saturated carbocycles. The summed E-state index contributed by atoms with van der Waals surface area (Å²) in [4.78, 5) is 22.7. The summed E-state index contributed by atoms with van der Waals surface area (Å²) < 4.78 is 5.14. The van der Waals surface area contributed by atoms with Crippen LogP contribution in [0.5, 0.6) is 0 Å². The van der Waals surface area contributed by atoms with Gasteiger partial charge in [-0.3, -0.25) is 4.79 Å². The standard InChI is InChI=1S/C15H20ClNO4/c1-15(2,3)21-14(20)17-11(9-13(18)19)8-10-6-4-5-7-12(10)16/h4-7,11H,8-9H2,1-3H3,(H,17,20)(H,18,19). The number of nitrogens with one attached hydrogen (secondary N) is 1. The quantitative estimate of drug-likeness (QED) is 0.875. The number of alkyl carbamates (subject to hydrolysis) is 1. The number of carboxylic acids is 1. The molecule has 1 atom stereocenters. The van der Waals surface area contributed by atoms with Crippen LogP contribution in [0.25, 0.3) is 0 Å². The number of halogens is 1. The molecule has 1 amide bonds. The van der Waals surface area contributed by atoms with Crippen LogP contribution in [-0.4, -0.2) is 28.8 Å². The van der Waals surface area contributed by atoms with Gasteiger partial charge in [-0.15, -0.1) is 0 Å². The largest absolute Gasteiger partial charge is 0.481 e. The van der Waals surface area contributed by atoms with E-state index in [9.17, 15) is 9.59 Å². The summed E-state index contributed by atoms with van der Waals surface area (Å²) >= 11 is 6.06. The maximum atomic E-state index is 11.8. The second-order valence-electron chi connectivity index (χ2n) is 5.74. The molecule has 116 valence electrons. The fourth-order valence-electron chi connectivity index (χ4n) is 1.79. The number of amides is 1. The third-order valence-corrected chi connectivity index (χ3v) is 2.93. The van der Waals surface area contributed by atoms with Gasteiger partial charge in [-0.1, -0.05) is 29.8 Å². The maximum absolute atomic E-state index is 11.8. The predicted octanol–water partition coefficient (Wildman–Crippen LogP) is 3.25. The lowest BCUT2D eigenvalue weighted by Crippen LogP contribution is -2.41. The van der Waals surface area contributed by atoms with E-state index in [-0.39, 0.29) is 6.42 Å². The number of hydrogen-bond acceptors (Lipinski definition) is 3. The molecule has 1 aromatic carbocycles. The highest BCUT2D eigenvalue weighted by Crippen LogP contribution is 2.18.